The summed E-state index contributed by atoms with van der Waals surface area (Å²) in [6.07, 6.45) is -4.75. The Kier molecular flexibility index (Phi) is 5.04. The van der Waals surface area contributed by atoms with E-state index < -0.39 is 29.1 Å². The molecule has 9 heteroatoms. The maximum absolute atomic E-state index is 12.1. The molecule has 0 saturated heterocycles. The fraction of sp³-hybridized carbons (Fsp3) is 0.400. The molecule has 0 heterocycles. The molecule has 0 amide bonds. The van der Waals surface area contributed by atoms with Gasteiger partial charge in [-0.25, -0.2) is 21.9 Å². The summed E-state index contributed by atoms with van der Waals surface area (Å²) in [5.74, 6) is 0. The molecule has 0 bridgehead atoms. The standard InChI is InChI=1S/C10H15F2N3O3S/c1-14-19(17,18)6-2-3-7(13)8(4-6)15-5-9(16)10(11)12/h2-4,9-10,14-16H,5,13H2,1H3. The van der Waals surface area contributed by atoms with Crippen LogP contribution in [0.1, 0.15) is 0 Å². The maximum Gasteiger partial charge on any atom is 0.265 e. The molecule has 5 N–H and O–H groups in total. The lowest BCUT2D eigenvalue weighted by Gasteiger charge is -2.14. The summed E-state index contributed by atoms with van der Waals surface area (Å²) in [7, 11) is -2.40. The Morgan fingerprint density at radius 3 is 2.58 bits per heavy atom. The van der Waals surface area contributed by atoms with Crippen molar-refractivity contribution < 1.29 is 22.3 Å². The van der Waals surface area contributed by atoms with Gasteiger partial charge in [-0.3, -0.25) is 0 Å². The second kappa shape index (κ2) is 6.13. The molecule has 0 aromatic heterocycles. The number of hydrogen-bond donors (Lipinski definition) is 4. The summed E-state index contributed by atoms with van der Waals surface area (Å²) >= 11 is 0. The van der Waals surface area contributed by atoms with Crippen LogP contribution < -0.4 is 15.8 Å². The van der Waals surface area contributed by atoms with E-state index in [-0.39, 0.29) is 16.3 Å². The van der Waals surface area contributed by atoms with Gasteiger partial charge in [-0.1, -0.05) is 0 Å². The zero-order valence-corrected chi connectivity index (χ0v) is 10.9. The highest BCUT2D eigenvalue weighted by Crippen LogP contribution is 2.22. The number of hydrogen-bond acceptors (Lipinski definition) is 5. The Balaban J connectivity index is 2.93. The highest BCUT2D eigenvalue weighted by molar-refractivity contribution is 7.89. The van der Waals surface area contributed by atoms with E-state index in [4.69, 9.17) is 10.8 Å². The van der Waals surface area contributed by atoms with Gasteiger partial charge in [0.25, 0.3) is 6.43 Å². The predicted octanol–water partition coefficient (Wildman–Crippen LogP) is 0.215. The number of nitrogens with one attached hydrogen (secondary N) is 2. The molecule has 1 atom stereocenters. The Hall–Kier alpha value is -1.45. The summed E-state index contributed by atoms with van der Waals surface area (Å²) in [5.41, 5.74) is 5.94. The van der Waals surface area contributed by atoms with Gasteiger partial charge in [0.15, 0.2) is 0 Å². The molecule has 19 heavy (non-hydrogen) atoms. The predicted molar refractivity (Wildman–Crippen MR) is 67.6 cm³/mol. The summed E-state index contributed by atoms with van der Waals surface area (Å²) in [6.45, 7) is -0.440. The Morgan fingerprint density at radius 2 is 2.05 bits per heavy atom. The first-order valence-electron chi connectivity index (χ1n) is 5.31. The zero-order valence-electron chi connectivity index (χ0n) is 10.1. The quantitative estimate of drug-likeness (QED) is 0.562. The first kappa shape index (κ1) is 15.6. The topological polar surface area (TPSA) is 104 Å². The molecule has 108 valence electrons. The number of aliphatic hydroxyl groups is 1. The number of aliphatic hydroxyl groups excluding tert-OH is 1. The number of anilines is 2. The molecule has 1 aromatic carbocycles. The summed E-state index contributed by atoms with van der Waals surface area (Å²) in [5, 5.41) is 11.5. The first-order chi connectivity index (χ1) is 8.77. The highest BCUT2D eigenvalue weighted by Gasteiger charge is 2.18. The summed E-state index contributed by atoms with van der Waals surface area (Å²) < 4.78 is 49.5. The minimum atomic E-state index is -3.65. The Morgan fingerprint density at radius 1 is 1.42 bits per heavy atom. The van der Waals surface area contributed by atoms with Crippen molar-refractivity contribution in [1.82, 2.24) is 4.72 Å². The fourth-order valence-corrected chi connectivity index (χ4v) is 2.03. The molecule has 1 aromatic rings. The van der Waals surface area contributed by atoms with Gasteiger partial charge < -0.3 is 16.2 Å². The van der Waals surface area contributed by atoms with Gasteiger partial charge >= 0.3 is 0 Å². The van der Waals surface area contributed by atoms with Crippen LogP contribution in [0.4, 0.5) is 20.2 Å². The average molecular weight is 295 g/mol. The molecular weight excluding hydrogens is 280 g/mol. The SMILES string of the molecule is CNS(=O)(=O)c1ccc(N)c(NCC(O)C(F)F)c1. The lowest BCUT2D eigenvalue weighted by Crippen LogP contribution is -2.27. The lowest BCUT2D eigenvalue weighted by atomic mass is 10.2. The molecule has 1 rings (SSSR count). The van der Waals surface area contributed by atoms with E-state index in [1.165, 1.54) is 25.2 Å². The van der Waals surface area contributed by atoms with Crippen LogP contribution in [0.5, 0.6) is 0 Å². The maximum atomic E-state index is 12.1. The monoisotopic (exact) mass is 295 g/mol. The smallest absolute Gasteiger partial charge is 0.265 e. The third-order valence-corrected chi connectivity index (χ3v) is 3.81. The third-order valence-electron chi connectivity index (χ3n) is 2.40. The van der Waals surface area contributed by atoms with Crippen LogP contribution >= 0.6 is 0 Å². The zero-order chi connectivity index (χ0) is 14.6. The van der Waals surface area contributed by atoms with Crippen molar-refractivity contribution in [2.45, 2.75) is 17.4 Å². The van der Waals surface area contributed by atoms with Crippen molar-refractivity contribution in [3.05, 3.63) is 18.2 Å². The molecule has 0 saturated carbocycles. The molecular formula is C10H15F2N3O3S. The van der Waals surface area contributed by atoms with E-state index in [1.807, 2.05) is 0 Å². The van der Waals surface area contributed by atoms with Crippen molar-refractivity contribution in [3.63, 3.8) is 0 Å². The van der Waals surface area contributed by atoms with Crippen LogP contribution in [-0.4, -0.2) is 39.6 Å². The molecule has 0 aliphatic heterocycles. The van der Waals surface area contributed by atoms with Gasteiger partial charge in [-0.15, -0.1) is 0 Å². The van der Waals surface area contributed by atoms with E-state index in [0.29, 0.717) is 0 Å². The second-order valence-electron chi connectivity index (χ2n) is 3.74. The van der Waals surface area contributed by atoms with Crippen molar-refractivity contribution >= 4 is 21.4 Å². The van der Waals surface area contributed by atoms with Crippen molar-refractivity contribution in [1.29, 1.82) is 0 Å². The van der Waals surface area contributed by atoms with Gasteiger partial charge in [-0.2, -0.15) is 0 Å². The average Bonchev–Trinajstić information content (AvgIpc) is 2.36. The van der Waals surface area contributed by atoms with E-state index in [1.54, 1.807) is 0 Å². The van der Waals surface area contributed by atoms with Crippen molar-refractivity contribution in [2.24, 2.45) is 0 Å². The fourth-order valence-electron chi connectivity index (χ4n) is 1.28. The van der Waals surface area contributed by atoms with Gasteiger partial charge in [0.2, 0.25) is 10.0 Å². The Labute approximate surface area is 109 Å². The molecule has 0 aliphatic rings. The number of rotatable bonds is 6. The molecule has 0 fully saturated rings. The first-order valence-corrected chi connectivity index (χ1v) is 6.79. The minimum absolute atomic E-state index is 0.0572. The van der Waals surface area contributed by atoms with E-state index in [9.17, 15) is 17.2 Å². The van der Waals surface area contributed by atoms with E-state index in [2.05, 4.69) is 10.0 Å². The molecule has 1 unspecified atom stereocenters. The molecule has 0 spiro atoms. The summed E-state index contributed by atoms with van der Waals surface area (Å²) in [4.78, 5) is -0.0572. The van der Waals surface area contributed by atoms with Gasteiger partial charge in [0.1, 0.15) is 6.10 Å². The molecule has 0 aliphatic carbocycles. The van der Waals surface area contributed by atoms with Crippen LogP contribution in [-0.2, 0) is 10.0 Å². The third kappa shape index (κ3) is 4.01. The van der Waals surface area contributed by atoms with Crippen molar-refractivity contribution in [3.8, 4) is 0 Å². The molecule has 0 radical (unpaired) electrons. The highest BCUT2D eigenvalue weighted by atomic mass is 32.2. The number of nitrogens with two attached hydrogens (primary N) is 1. The van der Waals surface area contributed by atoms with E-state index >= 15 is 0 Å². The number of halogens is 2. The van der Waals surface area contributed by atoms with Crippen LogP contribution in [0.2, 0.25) is 0 Å². The summed E-state index contributed by atoms with van der Waals surface area (Å²) in [6, 6.07) is 3.83. The normalized spacial score (nSPS) is 13.5. The van der Waals surface area contributed by atoms with Crippen LogP contribution in [0.3, 0.4) is 0 Å². The van der Waals surface area contributed by atoms with Gasteiger partial charge in [0, 0.05) is 6.54 Å². The molecule has 6 nitrogen and oxygen atoms in total. The minimum Gasteiger partial charge on any atom is -0.397 e. The van der Waals surface area contributed by atoms with Crippen LogP contribution in [0.15, 0.2) is 23.1 Å². The van der Waals surface area contributed by atoms with Crippen LogP contribution in [0.25, 0.3) is 0 Å². The number of alkyl halides is 2. The second-order valence-corrected chi connectivity index (χ2v) is 5.63. The Bertz CT molecular complexity index is 537. The van der Waals surface area contributed by atoms with Gasteiger partial charge in [-0.05, 0) is 25.2 Å². The van der Waals surface area contributed by atoms with Gasteiger partial charge in [0.05, 0.1) is 16.3 Å². The largest absolute Gasteiger partial charge is 0.397 e. The number of nitrogen functional groups attached to an aromatic ring is 1. The lowest BCUT2D eigenvalue weighted by molar-refractivity contribution is 0.00385. The number of benzene rings is 1. The van der Waals surface area contributed by atoms with Crippen molar-refractivity contribution in [2.75, 3.05) is 24.6 Å². The number of sulfonamides is 1. The van der Waals surface area contributed by atoms with E-state index in [0.717, 1.165) is 0 Å². The van der Waals surface area contributed by atoms with Crippen LogP contribution in [0, 0.1) is 0 Å².